The zero-order valence-corrected chi connectivity index (χ0v) is 11.7. The number of halogens is 1. The van der Waals surface area contributed by atoms with Gasteiger partial charge in [0.25, 0.3) is 0 Å². The molecule has 1 unspecified atom stereocenters. The van der Waals surface area contributed by atoms with Gasteiger partial charge in [-0.2, -0.15) is 5.26 Å². The van der Waals surface area contributed by atoms with Crippen molar-refractivity contribution in [3.63, 3.8) is 0 Å². The van der Waals surface area contributed by atoms with Gasteiger partial charge in [0.15, 0.2) is 0 Å². The summed E-state index contributed by atoms with van der Waals surface area (Å²) >= 11 is 0. The molecule has 0 spiro atoms. The van der Waals surface area contributed by atoms with Gasteiger partial charge in [-0.15, -0.1) is 0 Å². The Morgan fingerprint density at radius 3 is 2.55 bits per heavy atom. The van der Waals surface area contributed by atoms with Crippen LogP contribution in [-0.2, 0) is 10.0 Å². The van der Waals surface area contributed by atoms with E-state index in [1.54, 1.807) is 0 Å². The molecule has 5 nitrogen and oxygen atoms in total. The van der Waals surface area contributed by atoms with E-state index in [1.807, 2.05) is 6.07 Å². The van der Waals surface area contributed by atoms with E-state index in [4.69, 9.17) is 5.26 Å². The molecule has 0 heterocycles. The lowest BCUT2D eigenvalue weighted by atomic mass is 10.1. The second-order valence-corrected chi connectivity index (χ2v) is 6.28. The van der Waals surface area contributed by atoms with Gasteiger partial charge >= 0.3 is 0 Å². The highest BCUT2D eigenvalue weighted by Gasteiger charge is 2.14. The molecule has 0 aliphatic carbocycles. The number of nitrogens with one attached hydrogen (secondary N) is 1. The van der Waals surface area contributed by atoms with Crippen molar-refractivity contribution < 1.29 is 17.9 Å². The first-order chi connectivity index (χ1) is 9.44. The fourth-order valence-corrected chi connectivity index (χ4v) is 2.72. The standard InChI is InChI=1S/C13H17FN2O3S/c14-12-6-4-11(5-7-12)13(17)10-16-20(18,19)9-3-1-2-8-15/h4-7,13,16-17H,1-3,9-10H2. The van der Waals surface area contributed by atoms with Gasteiger partial charge < -0.3 is 5.11 Å². The largest absolute Gasteiger partial charge is 0.387 e. The lowest BCUT2D eigenvalue weighted by Gasteiger charge is -2.12. The van der Waals surface area contributed by atoms with Gasteiger partial charge in [-0.1, -0.05) is 12.1 Å². The van der Waals surface area contributed by atoms with Crippen LogP contribution in [0.4, 0.5) is 4.39 Å². The molecule has 20 heavy (non-hydrogen) atoms. The maximum atomic E-state index is 12.7. The molecule has 0 fully saturated rings. The first kappa shape index (κ1) is 16.6. The molecule has 0 radical (unpaired) electrons. The van der Waals surface area contributed by atoms with Crippen molar-refractivity contribution in [1.29, 1.82) is 5.26 Å². The van der Waals surface area contributed by atoms with Crippen molar-refractivity contribution in [2.24, 2.45) is 0 Å². The van der Waals surface area contributed by atoms with Gasteiger partial charge in [0, 0.05) is 13.0 Å². The van der Waals surface area contributed by atoms with Gasteiger partial charge in [0.2, 0.25) is 10.0 Å². The molecule has 110 valence electrons. The molecule has 0 amide bonds. The second-order valence-electron chi connectivity index (χ2n) is 4.35. The summed E-state index contributed by atoms with van der Waals surface area (Å²) < 4.78 is 38.2. The van der Waals surface area contributed by atoms with Gasteiger partial charge in [-0.3, -0.25) is 0 Å². The monoisotopic (exact) mass is 300 g/mol. The van der Waals surface area contributed by atoms with E-state index in [1.165, 1.54) is 24.3 Å². The number of rotatable bonds is 8. The number of hydrogen-bond donors (Lipinski definition) is 2. The number of sulfonamides is 1. The van der Waals surface area contributed by atoms with Crippen molar-refractivity contribution in [2.45, 2.75) is 25.4 Å². The Morgan fingerprint density at radius 2 is 1.95 bits per heavy atom. The van der Waals surface area contributed by atoms with Crippen LogP contribution in [0.1, 0.15) is 30.9 Å². The number of aliphatic hydroxyl groups excluding tert-OH is 1. The van der Waals surface area contributed by atoms with Crippen molar-refractivity contribution in [3.8, 4) is 6.07 Å². The van der Waals surface area contributed by atoms with Crippen LogP contribution in [0.3, 0.4) is 0 Å². The van der Waals surface area contributed by atoms with E-state index in [0.717, 1.165) is 0 Å². The first-order valence-electron chi connectivity index (χ1n) is 6.22. The number of nitriles is 1. The molecule has 0 saturated heterocycles. The average molecular weight is 300 g/mol. The van der Waals surface area contributed by atoms with E-state index in [2.05, 4.69) is 4.72 Å². The Labute approximate surface area is 118 Å². The average Bonchev–Trinajstić information content (AvgIpc) is 2.42. The molecule has 1 aromatic carbocycles. The first-order valence-corrected chi connectivity index (χ1v) is 7.87. The highest BCUT2D eigenvalue weighted by Crippen LogP contribution is 2.12. The number of hydrogen-bond acceptors (Lipinski definition) is 4. The maximum Gasteiger partial charge on any atom is 0.211 e. The van der Waals surface area contributed by atoms with E-state index < -0.39 is 21.9 Å². The number of benzene rings is 1. The SMILES string of the molecule is N#CCCCCS(=O)(=O)NCC(O)c1ccc(F)cc1. The zero-order chi connectivity index (χ0) is 15.0. The Hall–Kier alpha value is -1.49. The van der Waals surface area contributed by atoms with Crippen molar-refractivity contribution in [2.75, 3.05) is 12.3 Å². The second kappa shape index (κ2) is 7.94. The number of aliphatic hydroxyl groups is 1. The van der Waals surface area contributed by atoms with Crippen LogP contribution in [0.2, 0.25) is 0 Å². The summed E-state index contributed by atoms with van der Waals surface area (Å²) in [6, 6.07) is 7.16. The quantitative estimate of drug-likeness (QED) is 0.711. The Bertz CT molecular complexity index is 552. The molecule has 0 saturated carbocycles. The topological polar surface area (TPSA) is 90.2 Å². The van der Waals surface area contributed by atoms with Crippen LogP contribution < -0.4 is 4.72 Å². The van der Waals surface area contributed by atoms with Crippen molar-refractivity contribution in [3.05, 3.63) is 35.6 Å². The lowest BCUT2D eigenvalue weighted by Crippen LogP contribution is -2.30. The minimum absolute atomic E-state index is 0.0786. The molecule has 7 heteroatoms. The minimum Gasteiger partial charge on any atom is -0.387 e. The molecule has 0 aliphatic rings. The normalized spacial score (nSPS) is 12.8. The fourth-order valence-electron chi connectivity index (χ4n) is 1.58. The number of nitrogens with zero attached hydrogens (tertiary/aromatic N) is 1. The van der Waals surface area contributed by atoms with Crippen LogP contribution in [0, 0.1) is 17.1 Å². The maximum absolute atomic E-state index is 12.7. The van der Waals surface area contributed by atoms with Crippen LogP contribution in [0.15, 0.2) is 24.3 Å². The van der Waals surface area contributed by atoms with E-state index in [-0.39, 0.29) is 12.3 Å². The van der Waals surface area contributed by atoms with E-state index in [9.17, 15) is 17.9 Å². The Kier molecular flexibility index (Phi) is 6.58. The molecular weight excluding hydrogens is 283 g/mol. The van der Waals surface area contributed by atoms with Crippen molar-refractivity contribution in [1.82, 2.24) is 4.72 Å². The lowest BCUT2D eigenvalue weighted by molar-refractivity contribution is 0.182. The summed E-state index contributed by atoms with van der Waals surface area (Å²) in [6.45, 7) is -0.161. The van der Waals surface area contributed by atoms with Gasteiger partial charge in [0.1, 0.15) is 5.82 Å². The summed E-state index contributed by atoms with van der Waals surface area (Å²) in [5.74, 6) is -0.496. The molecule has 1 aromatic rings. The van der Waals surface area contributed by atoms with Crippen LogP contribution >= 0.6 is 0 Å². The van der Waals surface area contributed by atoms with E-state index in [0.29, 0.717) is 24.8 Å². The third-order valence-electron chi connectivity index (χ3n) is 2.70. The highest BCUT2D eigenvalue weighted by atomic mass is 32.2. The third-order valence-corrected chi connectivity index (χ3v) is 4.14. The summed E-state index contributed by atoms with van der Waals surface area (Å²) in [6.07, 6.45) is 0.228. The Morgan fingerprint density at radius 1 is 1.30 bits per heavy atom. The zero-order valence-electron chi connectivity index (χ0n) is 10.9. The molecule has 1 atom stereocenters. The van der Waals surface area contributed by atoms with E-state index >= 15 is 0 Å². The molecule has 0 bridgehead atoms. The van der Waals surface area contributed by atoms with Crippen molar-refractivity contribution >= 4 is 10.0 Å². The summed E-state index contributed by atoms with van der Waals surface area (Å²) in [5.41, 5.74) is 0.443. The smallest absolute Gasteiger partial charge is 0.211 e. The van der Waals surface area contributed by atoms with Crippen LogP contribution in [0.25, 0.3) is 0 Å². The molecule has 2 N–H and O–H groups in total. The molecule has 0 aromatic heterocycles. The number of unbranched alkanes of at least 4 members (excludes halogenated alkanes) is 2. The molecule has 1 rings (SSSR count). The van der Waals surface area contributed by atoms with Gasteiger partial charge in [0.05, 0.1) is 17.9 Å². The predicted molar refractivity (Wildman–Crippen MR) is 72.6 cm³/mol. The highest BCUT2D eigenvalue weighted by molar-refractivity contribution is 7.89. The summed E-state index contributed by atoms with van der Waals surface area (Å²) in [7, 11) is -3.47. The molecule has 0 aliphatic heterocycles. The Balaban J connectivity index is 2.41. The predicted octanol–water partition coefficient (Wildman–Crippen LogP) is 1.47. The fraction of sp³-hybridized carbons (Fsp3) is 0.462. The van der Waals surface area contributed by atoms with Gasteiger partial charge in [-0.05, 0) is 30.5 Å². The van der Waals surface area contributed by atoms with Gasteiger partial charge in [-0.25, -0.2) is 17.5 Å². The minimum atomic E-state index is -3.47. The molecular formula is C13H17FN2O3S. The summed E-state index contributed by atoms with van der Waals surface area (Å²) in [4.78, 5) is 0. The summed E-state index contributed by atoms with van der Waals surface area (Å²) in [5, 5.41) is 18.1. The van der Waals surface area contributed by atoms with Crippen LogP contribution in [-0.4, -0.2) is 25.8 Å². The third kappa shape index (κ3) is 6.10. The van der Waals surface area contributed by atoms with Crippen LogP contribution in [0.5, 0.6) is 0 Å².